The van der Waals surface area contributed by atoms with Crippen LogP contribution in [0.25, 0.3) is 0 Å². The number of rotatable bonds is 12. The van der Waals surface area contributed by atoms with Gasteiger partial charge < -0.3 is 15.0 Å². The van der Waals surface area contributed by atoms with Gasteiger partial charge in [0.25, 0.3) is 0 Å². The zero-order valence-electron chi connectivity index (χ0n) is 16.6. The van der Waals surface area contributed by atoms with E-state index in [-0.39, 0.29) is 5.91 Å². The van der Waals surface area contributed by atoms with Crippen LogP contribution in [0.5, 0.6) is 5.75 Å². The van der Waals surface area contributed by atoms with Crippen molar-refractivity contribution in [2.24, 2.45) is 0 Å². The molecule has 0 saturated carbocycles. The highest BCUT2D eigenvalue weighted by molar-refractivity contribution is 5.75. The Labute approximate surface area is 163 Å². The van der Waals surface area contributed by atoms with Crippen molar-refractivity contribution < 1.29 is 9.53 Å². The average molecular weight is 369 g/mol. The van der Waals surface area contributed by atoms with Crippen molar-refractivity contribution >= 4 is 5.91 Å². The summed E-state index contributed by atoms with van der Waals surface area (Å²) in [4.78, 5) is 14.5. The molecule has 27 heavy (non-hydrogen) atoms. The van der Waals surface area contributed by atoms with Crippen LogP contribution in [0.2, 0.25) is 0 Å². The van der Waals surface area contributed by atoms with E-state index in [1.54, 1.807) is 0 Å². The van der Waals surface area contributed by atoms with E-state index < -0.39 is 0 Å². The van der Waals surface area contributed by atoms with Gasteiger partial charge in [-0.25, -0.2) is 0 Å². The number of hydrogen-bond acceptors (Lipinski definition) is 3. The van der Waals surface area contributed by atoms with Gasteiger partial charge in [0.15, 0.2) is 0 Å². The summed E-state index contributed by atoms with van der Waals surface area (Å²) >= 11 is 0. The number of ether oxygens (including phenoxy) is 1. The largest absolute Gasteiger partial charge is 0.492 e. The van der Waals surface area contributed by atoms with E-state index in [4.69, 9.17) is 4.74 Å². The monoisotopic (exact) mass is 368 g/mol. The average Bonchev–Trinajstić information content (AvgIpc) is 2.71. The molecule has 4 nitrogen and oxygen atoms in total. The zero-order valence-corrected chi connectivity index (χ0v) is 16.6. The summed E-state index contributed by atoms with van der Waals surface area (Å²) in [5.74, 6) is 0.943. The molecule has 0 aliphatic rings. The predicted octanol–water partition coefficient (Wildman–Crippen LogP) is 4.05. The van der Waals surface area contributed by atoms with E-state index in [9.17, 15) is 4.79 Å². The second kappa shape index (κ2) is 12.1. The molecule has 0 aliphatic carbocycles. The van der Waals surface area contributed by atoms with E-state index in [1.165, 1.54) is 5.56 Å². The molecule has 0 aromatic heterocycles. The van der Waals surface area contributed by atoms with Gasteiger partial charge >= 0.3 is 0 Å². The predicted molar refractivity (Wildman–Crippen MR) is 111 cm³/mol. The van der Waals surface area contributed by atoms with Crippen LogP contribution in [0.1, 0.15) is 37.8 Å². The number of amides is 1. The van der Waals surface area contributed by atoms with Crippen LogP contribution in [-0.4, -0.2) is 37.0 Å². The molecule has 0 bridgehead atoms. The smallest absolute Gasteiger partial charge is 0.220 e. The Bertz CT molecular complexity index is 669. The molecular weight excluding hydrogens is 336 g/mol. The SMILES string of the molecule is CCN(CC)CCOc1ccccc1CNC(=O)CCCc1ccccc1. The van der Waals surface area contributed by atoms with Crippen LogP contribution < -0.4 is 10.1 Å². The standard InChI is InChI=1S/C23H32N2O2/c1-3-25(4-2)17-18-27-22-15-9-8-14-21(22)19-24-23(26)16-10-13-20-11-6-5-7-12-20/h5-9,11-12,14-15H,3-4,10,13,16-19H2,1-2H3,(H,24,26). The zero-order chi connectivity index (χ0) is 19.3. The van der Waals surface area contributed by atoms with Crippen molar-refractivity contribution in [1.82, 2.24) is 10.2 Å². The Morgan fingerprint density at radius 2 is 1.70 bits per heavy atom. The number of nitrogens with one attached hydrogen (secondary N) is 1. The summed E-state index contributed by atoms with van der Waals surface area (Å²) in [5, 5.41) is 3.02. The van der Waals surface area contributed by atoms with Crippen LogP contribution in [0.3, 0.4) is 0 Å². The number of likely N-dealkylation sites (N-methyl/N-ethyl adjacent to an activating group) is 1. The summed E-state index contributed by atoms with van der Waals surface area (Å²) in [6, 6.07) is 18.2. The van der Waals surface area contributed by atoms with Gasteiger partial charge in [-0.05, 0) is 37.6 Å². The first-order valence-electron chi connectivity index (χ1n) is 9.96. The molecule has 4 heteroatoms. The van der Waals surface area contributed by atoms with Crippen molar-refractivity contribution in [3.63, 3.8) is 0 Å². The molecule has 0 radical (unpaired) electrons. The first-order valence-corrected chi connectivity index (χ1v) is 9.96. The Balaban J connectivity index is 1.73. The molecule has 0 fully saturated rings. The fourth-order valence-corrected chi connectivity index (χ4v) is 3.00. The molecule has 2 aromatic rings. The van der Waals surface area contributed by atoms with Crippen LogP contribution in [0.4, 0.5) is 0 Å². The number of aryl methyl sites for hydroxylation is 1. The molecule has 0 unspecified atom stereocenters. The second-order valence-electron chi connectivity index (χ2n) is 6.60. The van der Waals surface area contributed by atoms with Gasteiger partial charge in [0, 0.05) is 25.1 Å². The second-order valence-corrected chi connectivity index (χ2v) is 6.60. The van der Waals surface area contributed by atoms with E-state index in [0.29, 0.717) is 19.6 Å². The van der Waals surface area contributed by atoms with Crippen LogP contribution in [0, 0.1) is 0 Å². The number of para-hydroxylation sites is 1. The lowest BCUT2D eigenvalue weighted by Crippen LogP contribution is -2.28. The molecule has 0 saturated heterocycles. The maximum atomic E-state index is 12.1. The van der Waals surface area contributed by atoms with Gasteiger partial charge in [-0.15, -0.1) is 0 Å². The number of benzene rings is 2. The molecule has 1 N–H and O–H groups in total. The molecule has 146 valence electrons. The maximum Gasteiger partial charge on any atom is 0.220 e. The van der Waals surface area contributed by atoms with Gasteiger partial charge in [-0.1, -0.05) is 62.4 Å². The molecule has 2 aromatic carbocycles. The lowest BCUT2D eigenvalue weighted by atomic mass is 10.1. The van der Waals surface area contributed by atoms with Crippen molar-refractivity contribution in [2.75, 3.05) is 26.2 Å². The van der Waals surface area contributed by atoms with E-state index in [2.05, 4.69) is 36.2 Å². The minimum atomic E-state index is 0.0869. The lowest BCUT2D eigenvalue weighted by Gasteiger charge is -2.19. The highest BCUT2D eigenvalue weighted by Crippen LogP contribution is 2.17. The third-order valence-electron chi connectivity index (χ3n) is 4.72. The highest BCUT2D eigenvalue weighted by Gasteiger charge is 2.07. The lowest BCUT2D eigenvalue weighted by molar-refractivity contribution is -0.121. The minimum absolute atomic E-state index is 0.0869. The third-order valence-corrected chi connectivity index (χ3v) is 4.72. The van der Waals surface area contributed by atoms with E-state index in [1.807, 2.05) is 42.5 Å². The quantitative estimate of drug-likeness (QED) is 0.615. The Morgan fingerprint density at radius 1 is 1.00 bits per heavy atom. The van der Waals surface area contributed by atoms with Crippen LogP contribution in [-0.2, 0) is 17.8 Å². The van der Waals surface area contributed by atoms with Crippen LogP contribution in [0.15, 0.2) is 54.6 Å². The number of carbonyl (C=O) groups excluding carboxylic acids is 1. The summed E-state index contributed by atoms with van der Waals surface area (Å²) in [5.41, 5.74) is 2.30. The first kappa shape index (κ1) is 21.0. The molecular formula is C23H32N2O2. The summed E-state index contributed by atoms with van der Waals surface area (Å²) < 4.78 is 5.95. The Morgan fingerprint density at radius 3 is 2.44 bits per heavy atom. The summed E-state index contributed by atoms with van der Waals surface area (Å²) in [7, 11) is 0. The first-order chi connectivity index (χ1) is 13.2. The fraction of sp³-hybridized carbons (Fsp3) is 0.435. The van der Waals surface area contributed by atoms with Gasteiger partial charge in [0.1, 0.15) is 12.4 Å². The Kier molecular flexibility index (Phi) is 9.42. The van der Waals surface area contributed by atoms with E-state index >= 15 is 0 Å². The van der Waals surface area contributed by atoms with Crippen LogP contribution >= 0.6 is 0 Å². The van der Waals surface area contributed by atoms with Gasteiger partial charge in [0.2, 0.25) is 5.91 Å². The number of nitrogens with zero attached hydrogens (tertiary/aromatic N) is 1. The van der Waals surface area contributed by atoms with Crippen molar-refractivity contribution in [1.29, 1.82) is 0 Å². The normalized spacial score (nSPS) is 10.8. The highest BCUT2D eigenvalue weighted by atomic mass is 16.5. The molecule has 0 spiro atoms. The maximum absolute atomic E-state index is 12.1. The molecule has 0 aliphatic heterocycles. The van der Waals surface area contributed by atoms with Gasteiger partial charge in [-0.3, -0.25) is 4.79 Å². The molecule has 0 atom stereocenters. The van der Waals surface area contributed by atoms with Crippen molar-refractivity contribution in [3.05, 3.63) is 65.7 Å². The fourth-order valence-electron chi connectivity index (χ4n) is 3.00. The van der Waals surface area contributed by atoms with E-state index in [0.717, 1.165) is 43.8 Å². The summed E-state index contributed by atoms with van der Waals surface area (Å²) in [6.07, 6.45) is 2.33. The van der Waals surface area contributed by atoms with Crippen molar-refractivity contribution in [2.45, 2.75) is 39.7 Å². The number of hydrogen-bond donors (Lipinski definition) is 1. The Hall–Kier alpha value is -2.33. The third kappa shape index (κ3) is 7.83. The minimum Gasteiger partial charge on any atom is -0.492 e. The molecule has 0 heterocycles. The topological polar surface area (TPSA) is 41.6 Å². The van der Waals surface area contributed by atoms with Crippen molar-refractivity contribution in [3.8, 4) is 5.75 Å². The molecule has 2 rings (SSSR count). The number of carbonyl (C=O) groups is 1. The van der Waals surface area contributed by atoms with Gasteiger partial charge in [0.05, 0.1) is 0 Å². The molecule has 1 amide bonds. The van der Waals surface area contributed by atoms with Gasteiger partial charge in [-0.2, -0.15) is 0 Å². The summed E-state index contributed by atoms with van der Waals surface area (Å²) in [6.45, 7) is 8.44.